The van der Waals surface area contributed by atoms with Crippen LogP contribution in [0.3, 0.4) is 0 Å². The average Bonchev–Trinajstić information content (AvgIpc) is 1.96. The van der Waals surface area contributed by atoms with Crippen LogP contribution in [0.2, 0.25) is 0 Å². The average molecular weight is 173 g/mol. The van der Waals surface area contributed by atoms with Crippen molar-refractivity contribution in [2.45, 2.75) is 25.8 Å². The highest BCUT2D eigenvalue weighted by Gasteiger charge is 2.39. The maximum absolute atomic E-state index is 10.5. The van der Waals surface area contributed by atoms with Crippen LogP contribution in [0, 0.1) is 5.41 Å². The minimum Gasteiger partial charge on any atom is -0.480 e. The van der Waals surface area contributed by atoms with E-state index in [1.807, 2.05) is 6.92 Å². The van der Waals surface area contributed by atoms with Crippen molar-refractivity contribution < 1.29 is 14.6 Å². The van der Waals surface area contributed by atoms with Crippen LogP contribution in [0.5, 0.6) is 0 Å². The van der Waals surface area contributed by atoms with E-state index in [1.54, 1.807) is 0 Å². The van der Waals surface area contributed by atoms with Crippen molar-refractivity contribution in [3.05, 3.63) is 0 Å². The van der Waals surface area contributed by atoms with E-state index in [-0.39, 0.29) is 5.41 Å². The third kappa shape index (κ3) is 1.76. The molecule has 0 spiro atoms. The zero-order valence-electron chi connectivity index (χ0n) is 7.25. The molecule has 4 heteroatoms. The molecule has 0 bridgehead atoms. The Hall–Kier alpha value is -0.610. The molecule has 0 amide bonds. The van der Waals surface area contributed by atoms with E-state index in [2.05, 4.69) is 0 Å². The molecule has 0 aromatic rings. The van der Waals surface area contributed by atoms with Crippen LogP contribution in [0.4, 0.5) is 0 Å². The Labute approximate surface area is 71.7 Å². The van der Waals surface area contributed by atoms with Crippen LogP contribution in [0.1, 0.15) is 19.8 Å². The SMILES string of the molecule is CCC1(CC(N)C(=O)O)COC1. The number of carboxylic acid groups (broad SMARTS) is 1. The van der Waals surface area contributed by atoms with Gasteiger partial charge in [0, 0.05) is 5.41 Å². The molecule has 4 nitrogen and oxygen atoms in total. The largest absolute Gasteiger partial charge is 0.480 e. The molecule has 1 heterocycles. The van der Waals surface area contributed by atoms with Gasteiger partial charge in [-0.2, -0.15) is 0 Å². The van der Waals surface area contributed by atoms with Crippen molar-refractivity contribution in [3.63, 3.8) is 0 Å². The van der Waals surface area contributed by atoms with Gasteiger partial charge in [0.05, 0.1) is 13.2 Å². The molecule has 1 atom stereocenters. The number of carbonyl (C=O) groups is 1. The van der Waals surface area contributed by atoms with Gasteiger partial charge in [-0.1, -0.05) is 6.92 Å². The van der Waals surface area contributed by atoms with Gasteiger partial charge in [0.25, 0.3) is 0 Å². The van der Waals surface area contributed by atoms with Crippen molar-refractivity contribution in [2.24, 2.45) is 11.1 Å². The van der Waals surface area contributed by atoms with Crippen molar-refractivity contribution in [2.75, 3.05) is 13.2 Å². The van der Waals surface area contributed by atoms with Crippen LogP contribution < -0.4 is 5.73 Å². The van der Waals surface area contributed by atoms with E-state index in [1.165, 1.54) is 0 Å². The highest BCUT2D eigenvalue weighted by molar-refractivity contribution is 5.73. The predicted molar refractivity (Wildman–Crippen MR) is 43.8 cm³/mol. The zero-order chi connectivity index (χ0) is 9.19. The normalized spacial score (nSPS) is 22.8. The van der Waals surface area contributed by atoms with E-state index >= 15 is 0 Å². The Morgan fingerprint density at radius 1 is 1.75 bits per heavy atom. The second-order valence-electron chi connectivity index (χ2n) is 3.50. The first-order chi connectivity index (χ1) is 5.59. The van der Waals surface area contributed by atoms with Crippen LogP contribution in [-0.4, -0.2) is 30.3 Å². The summed E-state index contributed by atoms with van der Waals surface area (Å²) in [5.74, 6) is -0.922. The van der Waals surface area contributed by atoms with Crippen LogP contribution in [0.15, 0.2) is 0 Å². The van der Waals surface area contributed by atoms with Crippen LogP contribution in [-0.2, 0) is 9.53 Å². The smallest absolute Gasteiger partial charge is 0.320 e. The lowest BCUT2D eigenvalue weighted by atomic mass is 9.77. The predicted octanol–water partition coefficient (Wildman–Crippen LogP) is 0.215. The molecule has 70 valence electrons. The van der Waals surface area contributed by atoms with E-state index in [0.29, 0.717) is 19.6 Å². The first kappa shape index (κ1) is 9.48. The van der Waals surface area contributed by atoms with Gasteiger partial charge in [-0.15, -0.1) is 0 Å². The molecule has 0 radical (unpaired) electrons. The Bertz CT molecular complexity index is 172. The summed E-state index contributed by atoms with van der Waals surface area (Å²) >= 11 is 0. The molecule has 3 N–H and O–H groups in total. The summed E-state index contributed by atoms with van der Waals surface area (Å²) in [6.45, 7) is 3.35. The lowest BCUT2D eigenvalue weighted by Crippen LogP contribution is -2.48. The molecule has 0 aromatic heterocycles. The van der Waals surface area contributed by atoms with E-state index in [4.69, 9.17) is 15.6 Å². The highest BCUT2D eigenvalue weighted by Crippen LogP contribution is 2.35. The molecular formula is C8H15NO3. The van der Waals surface area contributed by atoms with Gasteiger partial charge >= 0.3 is 5.97 Å². The number of hydrogen-bond acceptors (Lipinski definition) is 3. The van der Waals surface area contributed by atoms with Crippen molar-refractivity contribution in [1.82, 2.24) is 0 Å². The summed E-state index contributed by atoms with van der Waals surface area (Å²) in [6, 6.07) is -0.742. The first-order valence-corrected chi connectivity index (χ1v) is 4.16. The Balaban J connectivity index is 2.42. The fourth-order valence-electron chi connectivity index (χ4n) is 1.41. The fraction of sp³-hybridized carbons (Fsp3) is 0.875. The van der Waals surface area contributed by atoms with Gasteiger partial charge in [-0.25, -0.2) is 0 Å². The minimum absolute atomic E-state index is 0.0395. The maximum Gasteiger partial charge on any atom is 0.320 e. The van der Waals surface area contributed by atoms with Crippen LogP contribution in [0.25, 0.3) is 0 Å². The van der Waals surface area contributed by atoms with E-state index in [0.717, 1.165) is 6.42 Å². The Morgan fingerprint density at radius 3 is 2.58 bits per heavy atom. The van der Waals surface area contributed by atoms with Gasteiger partial charge in [0.2, 0.25) is 0 Å². The molecule has 1 aliphatic rings. The number of rotatable bonds is 4. The molecule has 12 heavy (non-hydrogen) atoms. The maximum atomic E-state index is 10.5. The van der Waals surface area contributed by atoms with Crippen molar-refractivity contribution in [1.29, 1.82) is 0 Å². The molecular weight excluding hydrogens is 158 g/mol. The summed E-state index contributed by atoms with van der Waals surface area (Å²) < 4.78 is 5.06. The van der Waals surface area contributed by atoms with E-state index in [9.17, 15) is 4.79 Å². The fourth-order valence-corrected chi connectivity index (χ4v) is 1.41. The summed E-state index contributed by atoms with van der Waals surface area (Å²) in [4.78, 5) is 10.5. The first-order valence-electron chi connectivity index (χ1n) is 4.16. The standard InChI is InChI=1S/C8H15NO3/c1-2-8(4-12-5-8)3-6(9)7(10)11/h6H,2-5,9H2,1H3,(H,10,11). The highest BCUT2D eigenvalue weighted by atomic mass is 16.5. The minimum atomic E-state index is -0.922. The van der Waals surface area contributed by atoms with Crippen molar-refractivity contribution >= 4 is 5.97 Å². The molecule has 0 aromatic carbocycles. The lowest BCUT2D eigenvalue weighted by molar-refractivity contribution is -0.147. The number of hydrogen-bond donors (Lipinski definition) is 2. The molecule has 1 fully saturated rings. The summed E-state index contributed by atoms with van der Waals surface area (Å²) in [7, 11) is 0. The van der Waals surface area contributed by atoms with Gasteiger partial charge in [-0.05, 0) is 12.8 Å². The quantitative estimate of drug-likeness (QED) is 0.637. The van der Waals surface area contributed by atoms with Crippen molar-refractivity contribution in [3.8, 4) is 0 Å². The Morgan fingerprint density at radius 2 is 2.33 bits per heavy atom. The lowest BCUT2D eigenvalue weighted by Gasteiger charge is -2.41. The third-order valence-corrected chi connectivity index (χ3v) is 2.54. The summed E-state index contributed by atoms with van der Waals surface area (Å²) in [5, 5.41) is 8.59. The zero-order valence-corrected chi connectivity index (χ0v) is 7.25. The number of aliphatic carboxylic acids is 1. The molecule has 1 unspecified atom stereocenters. The topological polar surface area (TPSA) is 72.6 Å². The second-order valence-corrected chi connectivity index (χ2v) is 3.50. The summed E-state index contributed by atoms with van der Waals surface area (Å²) in [6.07, 6.45) is 1.47. The number of ether oxygens (including phenoxy) is 1. The molecule has 1 rings (SSSR count). The Kier molecular flexibility index (Phi) is 2.69. The number of carboxylic acids is 1. The molecule has 1 aliphatic heterocycles. The van der Waals surface area contributed by atoms with Crippen LogP contribution >= 0.6 is 0 Å². The number of nitrogens with two attached hydrogens (primary N) is 1. The molecule has 0 aliphatic carbocycles. The van der Waals surface area contributed by atoms with Gasteiger partial charge < -0.3 is 15.6 Å². The monoisotopic (exact) mass is 173 g/mol. The summed E-state index contributed by atoms with van der Waals surface area (Å²) in [5.41, 5.74) is 5.47. The van der Waals surface area contributed by atoms with E-state index < -0.39 is 12.0 Å². The van der Waals surface area contributed by atoms with Gasteiger partial charge in [-0.3, -0.25) is 4.79 Å². The molecule has 1 saturated heterocycles. The third-order valence-electron chi connectivity index (χ3n) is 2.54. The second kappa shape index (κ2) is 3.41. The van der Waals surface area contributed by atoms with Gasteiger partial charge in [0.15, 0.2) is 0 Å². The van der Waals surface area contributed by atoms with Gasteiger partial charge in [0.1, 0.15) is 6.04 Å². The molecule has 0 saturated carbocycles.